The number of likely N-dealkylation sites (tertiary alicyclic amines) is 1. The lowest BCUT2D eigenvalue weighted by Gasteiger charge is -2.38. The van der Waals surface area contributed by atoms with Crippen molar-refractivity contribution < 1.29 is 19.7 Å². The maximum absolute atomic E-state index is 10.8. The highest BCUT2D eigenvalue weighted by Gasteiger charge is 2.29. The van der Waals surface area contributed by atoms with Gasteiger partial charge in [-0.15, -0.1) is 0 Å². The summed E-state index contributed by atoms with van der Waals surface area (Å²) in [6.07, 6.45) is 6.03. The van der Waals surface area contributed by atoms with Crippen molar-refractivity contribution >= 4 is 28.6 Å². The summed E-state index contributed by atoms with van der Waals surface area (Å²) in [7, 11) is 0. The van der Waals surface area contributed by atoms with Crippen LogP contribution in [0.3, 0.4) is 0 Å². The molecule has 10 heteroatoms. The number of hydrogen-bond donors (Lipinski definition) is 2. The van der Waals surface area contributed by atoms with Gasteiger partial charge in [0.25, 0.3) is 0 Å². The third-order valence-corrected chi connectivity index (χ3v) is 8.41. The molecule has 2 fully saturated rings. The monoisotopic (exact) mass is 558 g/mol. The molecule has 0 bridgehead atoms. The van der Waals surface area contributed by atoms with Crippen molar-refractivity contribution in [1.29, 1.82) is 0 Å². The first kappa shape index (κ1) is 27.3. The quantitative estimate of drug-likeness (QED) is 0.301. The van der Waals surface area contributed by atoms with E-state index in [0.717, 1.165) is 98.5 Å². The zero-order valence-electron chi connectivity index (χ0n) is 23.4. The van der Waals surface area contributed by atoms with Gasteiger partial charge in [-0.05, 0) is 36.9 Å². The number of piperazine rings is 1. The van der Waals surface area contributed by atoms with Crippen molar-refractivity contribution in [3.63, 3.8) is 0 Å². The first-order valence-electron chi connectivity index (χ1n) is 14.5. The summed E-state index contributed by atoms with van der Waals surface area (Å²) in [6.45, 7) is 7.91. The minimum absolute atomic E-state index is 0.175. The zero-order chi connectivity index (χ0) is 28.2. The number of aliphatic hydroxyl groups excluding tert-OH is 1. The molecule has 10 nitrogen and oxygen atoms in total. The summed E-state index contributed by atoms with van der Waals surface area (Å²) in [6, 6.07) is 12.2. The molecule has 0 amide bonds. The molecule has 4 heterocycles. The fourth-order valence-electron chi connectivity index (χ4n) is 6.28. The molecule has 6 rings (SSSR count). The van der Waals surface area contributed by atoms with Crippen molar-refractivity contribution in [3.8, 4) is 11.8 Å². The van der Waals surface area contributed by atoms with Crippen LogP contribution in [0, 0.1) is 5.92 Å². The molecule has 41 heavy (non-hydrogen) atoms. The lowest BCUT2D eigenvalue weighted by molar-refractivity contribution is -0.104. The van der Waals surface area contributed by atoms with E-state index < -0.39 is 0 Å². The molecule has 0 aliphatic carbocycles. The molecule has 0 unspecified atom stereocenters. The molecule has 3 aliphatic rings. The van der Waals surface area contributed by atoms with Gasteiger partial charge in [0.05, 0.1) is 25.5 Å². The Morgan fingerprint density at radius 2 is 1.88 bits per heavy atom. The van der Waals surface area contributed by atoms with Crippen LogP contribution in [0.4, 0.5) is 11.5 Å². The SMILES string of the molecule is O=CC=CN1CCN(c2nc(OC[C@@H]3CCN(CCO)C3)nc3c2CCN(c2cc(O)cc4ccccc24)C3)CC1. The number of rotatable bonds is 9. The number of aldehydes is 1. The lowest BCUT2D eigenvalue weighted by Crippen LogP contribution is -2.45. The summed E-state index contributed by atoms with van der Waals surface area (Å²) >= 11 is 0. The lowest BCUT2D eigenvalue weighted by atomic mass is 10.0. The van der Waals surface area contributed by atoms with Crippen molar-refractivity contribution in [2.75, 3.05) is 75.4 Å². The Hall–Kier alpha value is -3.89. The summed E-state index contributed by atoms with van der Waals surface area (Å²) < 4.78 is 6.26. The van der Waals surface area contributed by atoms with Gasteiger partial charge >= 0.3 is 6.01 Å². The molecule has 3 aromatic rings. The second kappa shape index (κ2) is 12.3. The van der Waals surface area contributed by atoms with Gasteiger partial charge in [0.2, 0.25) is 0 Å². The van der Waals surface area contributed by atoms with Crippen LogP contribution in [-0.2, 0) is 17.8 Å². The number of β-amino-alcohol motifs (C(OH)–C–C–N with tert-alkyl or cyclic N) is 1. The highest BCUT2D eigenvalue weighted by Crippen LogP contribution is 2.36. The molecule has 2 aromatic carbocycles. The molecule has 0 spiro atoms. The third kappa shape index (κ3) is 6.08. The predicted molar refractivity (Wildman–Crippen MR) is 159 cm³/mol. The third-order valence-electron chi connectivity index (χ3n) is 8.41. The number of nitrogens with zero attached hydrogens (tertiary/aromatic N) is 6. The van der Waals surface area contributed by atoms with E-state index in [1.165, 1.54) is 0 Å². The van der Waals surface area contributed by atoms with Gasteiger partial charge in [0.1, 0.15) is 17.9 Å². The average Bonchev–Trinajstić information content (AvgIpc) is 3.45. The number of ether oxygens (including phenoxy) is 1. The van der Waals surface area contributed by atoms with Crippen molar-refractivity contribution in [2.45, 2.75) is 19.4 Å². The van der Waals surface area contributed by atoms with E-state index in [-0.39, 0.29) is 12.4 Å². The standard InChI is InChI=1S/C31H38N6O4/c38-16-3-8-34-11-13-36(14-12-34)30-27-7-10-37(29-19-25(40)18-24-4-1-2-5-26(24)29)21-28(27)32-31(33-30)41-22-23-6-9-35(20-23)15-17-39/h1-5,8,16,18-19,23,39-40H,6-7,9-15,17,20-22H2/t23-/m1/s1. The second-order valence-electron chi connectivity index (χ2n) is 11.1. The number of aromatic nitrogens is 2. The second-order valence-corrected chi connectivity index (χ2v) is 11.1. The average molecular weight is 559 g/mol. The van der Waals surface area contributed by atoms with Crippen LogP contribution >= 0.6 is 0 Å². The van der Waals surface area contributed by atoms with Crippen molar-refractivity contribution in [2.24, 2.45) is 5.92 Å². The Kier molecular flexibility index (Phi) is 8.20. The number of hydrogen-bond acceptors (Lipinski definition) is 10. The highest BCUT2D eigenvalue weighted by molar-refractivity contribution is 5.95. The molecule has 1 atom stereocenters. The fraction of sp³-hybridized carbons (Fsp3) is 0.452. The first-order chi connectivity index (χ1) is 20.1. The molecule has 0 saturated carbocycles. The van der Waals surface area contributed by atoms with Gasteiger partial charge in [0, 0.05) is 80.6 Å². The smallest absolute Gasteiger partial charge is 0.318 e. The number of carbonyl (C=O) groups excluding carboxylic acids is 1. The number of fused-ring (bicyclic) bond motifs is 2. The normalized spacial score (nSPS) is 19.7. The number of benzene rings is 2. The number of phenols is 1. The molecular weight excluding hydrogens is 520 g/mol. The van der Waals surface area contributed by atoms with Crippen LogP contribution in [-0.4, -0.2) is 102 Å². The number of carbonyl (C=O) groups is 1. The van der Waals surface area contributed by atoms with Crippen LogP contribution in [0.25, 0.3) is 10.8 Å². The molecule has 3 aliphatic heterocycles. The number of aromatic hydroxyl groups is 1. The van der Waals surface area contributed by atoms with Gasteiger partial charge in [0.15, 0.2) is 0 Å². The Morgan fingerprint density at radius 3 is 2.71 bits per heavy atom. The van der Waals surface area contributed by atoms with E-state index in [0.29, 0.717) is 31.6 Å². The van der Waals surface area contributed by atoms with Crippen LogP contribution in [0.15, 0.2) is 48.7 Å². The van der Waals surface area contributed by atoms with E-state index in [1.54, 1.807) is 12.1 Å². The topological polar surface area (TPSA) is 106 Å². The molecule has 1 aromatic heterocycles. The molecular formula is C31H38N6O4. The van der Waals surface area contributed by atoms with Crippen LogP contribution in [0.5, 0.6) is 11.8 Å². The molecule has 2 saturated heterocycles. The number of aliphatic hydroxyl groups is 1. The minimum Gasteiger partial charge on any atom is -0.508 e. The summed E-state index contributed by atoms with van der Waals surface area (Å²) in [5, 5.41) is 21.9. The Balaban J connectivity index is 1.27. The predicted octanol–water partition coefficient (Wildman–Crippen LogP) is 2.43. The minimum atomic E-state index is 0.175. The zero-order valence-corrected chi connectivity index (χ0v) is 23.4. The van der Waals surface area contributed by atoms with Gasteiger partial charge in [-0.2, -0.15) is 9.97 Å². The van der Waals surface area contributed by atoms with Crippen molar-refractivity contribution in [1.82, 2.24) is 19.8 Å². The van der Waals surface area contributed by atoms with Gasteiger partial charge in [-0.25, -0.2) is 0 Å². The number of phenolic OH excluding ortho intramolecular Hbond substituents is 1. The largest absolute Gasteiger partial charge is 0.508 e. The number of allylic oxidation sites excluding steroid dienone is 1. The van der Waals surface area contributed by atoms with Crippen LogP contribution in [0.1, 0.15) is 17.7 Å². The van der Waals surface area contributed by atoms with Gasteiger partial charge in [-0.1, -0.05) is 24.3 Å². The van der Waals surface area contributed by atoms with E-state index in [4.69, 9.17) is 14.7 Å². The first-order valence-corrected chi connectivity index (χ1v) is 14.5. The Labute approximate surface area is 240 Å². The fourth-order valence-corrected chi connectivity index (χ4v) is 6.28. The molecule has 2 N–H and O–H groups in total. The van der Waals surface area contributed by atoms with E-state index in [2.05, 4.69) is 25.7 Å². The molecule has 216 valence electrons. The van der Waals surface area contributed by atoms with Gasteiger partial charge in [-0.3, -0.25) is 4.79 Å². The summed E-state index contributed by atoms with van der Waals surface area (Å²) in [5.41, 5.74) is 3.12. The van der Waals surface area contributed by atoms with E-state index >= 15 is 0 Å². The van der Waals surface area contributed by atoms with Crippen LogP contribution in [0.2, 0.25) is 0 Å². The van der Waals surface area contributed by atoms with Gasteiger partial charge < -0.3 is 34.5 Å². The summed E-state index contributed by atoms with van der Waals surface area (Å²) in [4.78, 5) is 29.7. The van der Waals surface area contributed by atoms with E-state index in [9.17, 15) is 15.0 Å². The molecule has 0 radical (unpaired) electrons. The van der Waals surface area contributed by atoms with E-state index in [1.807, 2.05) is 30.5 Å². The maximum Gasteiger partial charge on any atom is 0.318 e. The Morgan fingerprint density at radius 1 is 1.02 bits per heavy atom. The highest BCUT2D eigenvalue weighted by atomic mass is 16.5. The maximum atomic E-state index is 10.8. The number of anilines is 2. The Bertz CT molecular complexity index is 1410. The van der Waals surface area contributed by atoms with Crippen LogP contribution < -0.4 is 14.5 Å². The summed E-state index contributed by atoms with van der Waals surface area (Å²) in [5.74, 6) is 1.58. The van der Waals surface area contributed by atoms with Crippen molar-refractivity contribution in [3.05, 3.63) is 59.9 Å².